The van der Waals surface area contributed by atoms with E-state index in [4.69, 9.17) is 10.5 Å². The number of hydrogen-bond donors (Lipinski definition) is 2. The van der Waals surface area contributed by atoms with Crippen molar-refractivity contribution in [1.29, 1.82) is 0 Å². The molecule has 5 heteroatoms. The average Bonchev–Trinajstić information content (AvgIpc) is 2.41. The third kappa shape index (κ3) is 3.98. The van der Waals surface area contributed by atoms with Crippen molar-refractivity contribution in [1.82, 2.24) is 4.98 Å². The number of rotatable bonds is 5. The zero-order chi connectivity index (χ0) is 14.4. The van der Waals surface area contributed by atoms with Crippen LogP contribution >= 0.6 is 0 Å². The molecule has 0 unspecified atom stereocenters. The first kappa shape index (κ1) is 13.9. The van der Waals surface area contributed by atoms with Crippen molar-refractivity contribution < 1.29 is 9.53 Å². The molecule has 0 atom stereocenters. The number of nitrogen functional groups attached to an aromatic ring is 1. The molecule has 0 radical (unpaired) electrons. The molecule has 1 amide bonds. The SMILES string of the molecule is Cc1ccncc1NC(=O)CCOc1cccc(N)c1. The Morgan fingerprint density at radius 1 is 1.40 bits per heavy atom. The zero-order valence-electron chi connectivity index (χ0n) is 11.3. The Morgan fingerprint density at radius 3 is 3.00 bits per heavy atom. The summed E-state index contributed by atoms with van der Waals surface area (Å²) < 4.78 is 5.47. The van der Waals surface area contributed by atoms with Gasteiger partial charge in [-0.3, -0.25) is 9.78 Å². The van der Waals surface area contributed by atoms with Crippen LogP contribution in [0.15, 0.2) is 42.7 Å². The van der Waals surface area contributed by atoms with Crippen LogP contribution in [-0.2, 0) is 4.79 Å². The van der Waals surface area contributed by atoms with Gasteiger partial charge in [-0.25, -0.2) is 0 Å². The smallest absolute Gasteiger partial charge is 0.227 e. The van der Waals surface area contributed by atoms with Crippen LogP contribution in [0.5, 0.6) is 5.75 Å². The van der Waals surface area contributed by atoms with Crippen LogP contribution in [0.2, 0.25) is 0 Å². The number of ether oxygens (including phenoxy) is 1. The number of hydrogen-bond acceptors (Lipinski definition) is 4. The molecule has 1 aromatic carbocycles. The van der Waals surface area contributed by atoms with Gasteiger partial charge in [-0.15, -0.1) is 0 Å². The minimum Gasteiger partial charge on any atom is -0.493 e. The van der Waals surface area contributed by atoms with Crippen LogP contribution < -0.4 is 15.8 Å². The first-order valence-electron chi connectivity index (χ1n) is 6.34. The highest BCUT2D eigenvalue weighted by Gasteiger charge is 2.05. The molecule has 5 nitrogen and oxygen atoms in total. The summed E-state index contributed by atoms with van der Waals surface area (Å²) in [5, 5.41) is 2.80. The fourth-order valence-electron chi connectivity index (χ4n) is 1.67. The van der Waals surface area contributed by atoms with Crippen LogP contribution in [0.3, 0.4) is 0 Å². The Bertz CT molecular complexity index is 599. The lowest BCUT2D eigenvalue weighted by Gasteiger charge is -2.09. The van der Waals surface area contributed by atoms with Gasteiger partial charge in [-0.2, -0.15) is 0 Å². The summed E-state index contributed by atoms with van der Waals surface area (Å²) in [4.78, 5) is 15.8. The number of amides is 1. The quantitative estimate of drug-likeness (QED) is 0.818. The number of anilines is 2. The summed E-state index contributed by atoms with van der Waals surface area (Å²) in [6, 6.07) is 8.97. The van der Waals surface area contributed by atoms with E-state index >= 15 is 0 Å². The number of nitrogens with one attached hydrogen (secondary N) is 1. The lowest BCUT2D eigenvalue weighted by molar-refractivity contribution is -0.116. The van der Waals surface area contributed by atoms with Gasteiger partial charge in [-0.1, -0.05) is 6.07 Å². The van der Waals surface area contributed by atoms with E-state index in [9.17, 15) is 4.79 Å². The molecule has 0 bridgehead atoms. The molecule has 0 aliphatic rings. The van der Waals surface area contributed by atoms with Crippen LogP contribution in [0, 0.1) is 6.92 Å². The van der Waals surface area contributed by atoms with Crippen LogP contribution in [0.4, 0.5) is 11.4 Å². The number of benzene rings is 1. The normalized spacial score (nSPS) is 10.1. The van der Waals surface area contributed by atoms with Gasteiger partial charge in [0.15, 0.2) is 0 Å². The maximum Gasteiger partial charge on any atom is 0.227 e. The molecule has 1 heterocycles. The van der Waals surface area contributed by atoms with Gasteiger partial charge in [0, 0.05) is 18.0 Å². The van der Waals surface area contributed by atoms with E-state index in [0.717, 1.165) is 11.3 Å². The van der Waals surface area contributed by atoms with Crippen LogP contribution in [0.1, 0.15) is 12.0 Å². The molecule has 0 spiro atoms. The van der Waals surface area contributed by atoms with E-state index < -0.39 is 0 Å². The molecule has 0 saturated heterocycles. The van der Waals surface area contributed by atoms with Crippen molar-refractivity contribution in [3.05, 3.63) is 48.3 Å². The summed E-state index contributed by atoms with van der Waals surface area (Å²) in [5.74, 6) is 0.556. The van der Waals surface area contributed by atoms with E-state index in [1.54, 1.807) is 30.6 Å². The fraction of sp³-hybridized carbons (Fsp3) is 0.200. The Labute approximate surface area is 117 Å². The fourth-order valence-corrected chi connectivity index (χ4v) is 1.67. The summed E-state index contributed by atoms with van der Waals surface area (Å²) in [5.41, 5.74) is 7.98. The largest absolute Gasteiger partial charge is 0.493 e. The number of nitrogens with zero attached hydrogens (tertiary/aromatic N) is 1. The minimum absolute atomic E-state index is 0.106. The van der Waals surface area contributed by atoms with E-state index in [0.29, 0.717) is 18.0 Å². The molecule has 2 rings (SSSR count). The van der Waals surface area contributed by atoms with Crippen LogP contribution in [-0.4, -0.2) is 17.5 Å². The molecule has 1 aromatic heterocycles. The molecular formula is C15H17N3O2. The second kappa shape index (κ2) is 6.56. The molecule has 2 aromatic rings. The van der Waals surface area contributed by atoms with Crippen molar-refractivity contribution in [3.8, 4) is 5.75 Å². The standard InChI is InChI=1S/C15H17N3O2/c1-11-5-7-17-10-14(11)18-15(19)6-8-20-13-4-2-3-12(16)9-13/h2-5,7,9-10H,6,8,16H2,1H3,(H,18,19). The Kier molecular flexibility index (Phi) is 4.55. The second-order valence-corrected chi connectivity index (χ2v) is 4.41. The molecule has 0 fully saturated rings. The topological polar surface area (TPSA) is 77.2 Å². The van der Waals surface area contributed by atoms with Gasteiger partial charge < -0.3 is 15.8 Å². The molecule has 20 heavy (non-hydrogen) atoms. The number of nitrogens with two attached hydrogens (primary N) is 1. The van der Waals surface area contributed by atoms with Gasteiger partial charge in [0.2, 0.25) is 5.91 Å². The van der Waals surface area contributed by atoms with Gasteiger partial charge in [0.25, 0.3) is 0 Å². The summed E-state index contributed by atoms with van der Waals surface area (Å²) >= 11 is 0. The molecule has 3 N–H and O–H groups in total. The van der Waals surface area contributed by atoms with Gasteiger partial charge in [0.1, 0.15) is 5.75 Å². The Morgan fingerprint density at radius 2 is 2.25 bits per heavy atom. The van der Waals surface area contributed by atoms with Crippen molar-refractivity contribution >= 4 is 17.3 Å². The third-order valence-corrected chi connectivity index (χ3v) is 2.77. The Hall–Kier alpha value is -2.56. The van der Waals surface area contributed by atoms with E-state index in [1.165, 1.54) is 0 Å². The lowest BCUT2D eigenvalue weighted by atomic mass is 10.2. The van der Waals surface area contributed by atoms with Gasteiger partial charge in [0.05, 0.1) is 24.9 Å². The average molecular weight is 271 g/mol. The van der Waals surface area contributed by atoms with Crippen molar-refractivity contribution in [2.75, 3.05) is 17.7 Å². The van der Waals surface area contributed by atoms with Crippen LogP contribution in [0.25, 0.3) is 0 Å². The first-order valence-corrected chi connectivity index (χ1v) is 6.34. The monoisotopic (exact) mass is 271 g/mol. The van der Waals surface area contributed by atoms with E-state index in [1.807, 2.05) is 19.1 Å². The maximum absolute atomic E-state index is 11.8. The first-order chi connectivity index (χ1) is 9.65. The summed E-state index contributed by atoms with van der Waals surface area (Å²) in [6.07, 6.45) is 3.59. The third-order valence-electron chi connectivity index (χ3n) is 2.77. The second-order valence-electron chi connectivity index (χ2n) is 4.41. The predicted octanol–water partition coefficient (Wildman–Crippen LogP) is 2.38. The number of aryl methyl sites for hydroxylation is 1. The number of aromatic nitrogens is 1. The highest BCUT2D eigenvalue weighted by atomic mass is 16.5. The molecular weight excluding hydrogens is 254 g/mol. The number of carbonyl (C=O) groups is 1. The maximum atomic E-state index is 11.8. The van der Waals surface area contributed by atoms with Gasteiger partial charge in [-0.05, 0) is 30.7 Å². The Balaban J connectivity index is 1.80. The minimum atomic E-state index is -0.106. The number of pyridine rings is 1. The summed E-state index contributed by atoms with van der Waals surface area (Å²) in [7, 11) is 0. The van der Waals surface area contributed by atoms with E-state index in [-0.39, 0.29) is 12.3 Å². The van der Waals surface area contributed by atoms with Crippen molar-refractivity contribution in [3.63, 3.8) is 0 Å². The highest BCUT2D eigenvalue weighted by Crippen LogP contribution is 2.15. The number of carbonyl (C=O) groups excluding carboxylic acids is 1. The van der Waals surface area contributed by atoms with Gasteiger partial charge >= 0.3 is 0 Å². The summed E-state index contributed by atoms with van der Waals surface area (Å²) in [6.45, 7) is 2.22. The molecule has 0 saturated carbocycles. The molecule has 0 aliphatic heterocycles. The van der Waals surface area contributed by atoms with E-state index in [2.05, 4.69) is 10.3 Å². The van der Waals surface area contributed by atoms with Crippen molar-refractivity contribution in [2.45, 2.75) is 13.3 Å². The lowest BCUT2D eigenvalue weighted by Crippen LogP contribution is -2.16. The highest BCUT2D eigenvalue weighted by molar-refractivity contribution is 5.91. The molecule has 104 valence electrons. The van der Waals surface area contributed by atoms with Crippen molar-refractivity contribution in [2.24, 2.45) is 0 Å². The zero-order valence-corrected chi connectivity index (χ0v) is 11.3. The predicted molar refractivity (Wildman–Crippen MR) is 78.6 cm³/mol. The molecule has 0 aliphatic carbocycles.